The monoisotopic (exact) mass is 428 g/mol. The summed E-state index contributed by atoms with van der Waals surface area (Å²) in [7, 11) is 4.45. The summed E-state index contributed by atoms with van der Waals surface area (Å²) in [5, 5.41) is 5.26. The van der Waals surface area contributed by atoms with Crippen LogP contribution in [0.5, 0.6) is 0 Å². The average molecular weight is 429 g/mol. The van der Waals surface area contributed by atoms with Crippen molar-refractivity contribution in [1.29, 1.82) is 0 Å². The molecule has 2 heterocycles. The van der Waals surface area contributed by atoms with Crippen molar-refractivity contribution in [3.8, 4) is 0 Å². The molecular weight excluding hydrogens is 400 g/mol. The molecule has 6 rings (SSSR count). The molecule has 2 aromatic heterocycles. The van der Waals surface area contributed by atoms with Gasteiger partial charge in [-0.2, -0.15) is 0 Å². The van der Waals surface area contributed by atoms with Crippen LogP contribution in [0.15, 0.2) is 91.0 Å². The lowest BCUT2D eigenvalue weighted by atomic mass is 9.85. The first-order chi connectivity index (χ1) is 16.1. The highest BCUT2D eigenvalue weighted by Gasteiger charge is 2.30. The first-order valence-corrected chi connectivity index (χ1v) is 11.6. The van der Waals surface area contributed by atoms with Gasteiger partial charge in [0.25, 0.3) is 0 Å². The Bertz CT molecular complexity index is 1490. The summed E-state index contributed by atoms with van der Waals surface area (Å²) in [4.78, 5) is 0. The number of hydrogen-bond donors (Lipinski definition) is 0. The minimum Gasteiger partial charge on any atom is -0.346 e. The third-order valence-corrected chi connectivity index (χ3v) is 7.51. The van der Waals surface area contributed by atoms with Crippen LogP contribution in [0.1, 0.15) is 34.0 Å². The maximum atomic E-state index is 2.41. The van der Waals surface area contributed by atoms with E-state index in [0.29, 0.717) is 0 Å². The lowest BCUT2D eigenvalue weighted by Gasteiger charge is -2.24. The Hall–Kier alpha value is -3.78. The Morgan fingerprint density at radius 2 is 0.970 bits per heavy atom. The number of rotatable bonds is 3. The van der Waals surface area contributed by atoms with Crippen LogP contribution in [0.3, 0.4) is 0 Å². The van der Waals surface area contributed by atoms with Crippen molar-refractivity contribution in [3.05, 3.63) is 119 Å². The molecule has 0 unspecified atom stereocenters. The number of para-hydroxylation sites is 2. The molecule has 0 aliphatic rings. The summed E-state index contributed by atoms with van der Waals surface area (Å²) in [5.41, 5.74) is 9.36. The van der Waals surface area contributed by atoms with Crippen molar-refractivity contribution in [2.24, 2.45) is 14.1 Å². The molecule has 162 valence electrons. The van der Waals surface area contributed by atoms with Crippen LogP contribution in [0.25, 0.3) is 32.6 Å². The minimum absolute atomic E-state index is 0.117. The summed E-state index contributed by atoms with van der Waals surface area (Å²) >= 11 is 0. The molecule has 6 aromatic rings. The van der Waals surface area contributed by atoms with Gasteiger partial charge in [-0.25, -0.2) is 0 Å². The molecule has 0 saturated carbocycles. The van der Waals surface area contributed by atoms with Crippen molar-refractivity contribution in [1.82, 2.24) is 9.13 Å². The lowest BCUT2D eigenvalue weighted by molar-refractivity contribution is 0.747. The highest BCUT2D eigenvalue weighted by molar-refractivity contribution is 5.91. The van der Waals surface area contributed by atoms with E-state index >= 15 is 0 Å². The van der Waals surface area contributed by atoms with E-state index in [-0.39, 0.29) is 5.92 Å². The number of nitrogens with zero attached hydrogens (tertiary/aromatic N) is 2. The molecule has 2 heteroatoms. The van der Waals surface area contributed by atoms with Gasteiger partial charge in [0, 0.05) is 47.3 Å². The molecule has 0 saturated heterocycles. The molecule has 2 nitrogen and oxygen atoms in total. The Morgan fingerprint density at radius 1 is 0.515 bits per heavy atom. The fourth-order valence-electron chi connectivity index (χ4n) is 5.95. The normalized spacial score (nSPS) is 11.9. The molecule has 0 aliphatic heterocycles. The number of benzene rings is 4. The van der Waals surface area contributed by atoms with Gasteiger partial charge in [-0.1, -0.05) is 78.9 Å². The van der Waals surface area contributed by atoms with Gasteiger partial charge in [0.15, 0.2) is 0 Å². The molecular formula is C31H28N2. The molecule has 0 aliphatic carbocycles. The molecule has 0 amide bonds. The van der Waals surface area contributed by atoms with Gasteiger partial charge in [0.1, 0.15) is 0 Å². The Labute approximate surface area is 194 Å². The van der Waals surface area contributed by atoms with Crippen LogP contribution >= 0.6 is 0 Å². The smallest absolute Gasteiger partial charge is 0.0657 e. The maximum Gasteiger partial charge on any atom is 0.0657 e. The summed E-state index contributed by atoms with van der Waals surface area (Å²) in [6.45, 7) is 4.57. The fourth-order valence-corrected chi connectivity index (χ4v) is 5.95. The van der Waals surface area contributed by atoms with Crippen LogP contribution in [0.2, 0.25) is 0 Å². The number of fused-ring (bicyclic) bond motifs is 3. The van der Waals surface area contributed by atoms with Crippen molar-refractivity contribution in [2.75, 3.05) is 0 Å². The second kappa shape index (κ2) is 7.38. The third kappa shape index (κ3) is 2.80. The van der Waals surface area contributed by atoms with Gasteiger partial charge in [0.2, 0.25) is 0 Å². The van der Waals surface area contributed by atoms with E-state index in [1.54, 1.807) is 0 Å². The van der Waals surface area contributed by atoms with Crippen LogP contribution in [-0.4, -0.2) is 9.13 Å². The van der Waals surface area contributed by atoms with E-state index in [2.05, 4.69) is 128 Å². The predicted octanol–water partition coefficient (Wildman–Crippen LogP) is 7.62. The SMILES string of the molecule is Cc1c(C(c2cccc3ccccc23)c2c(C)c3ccccc3n2C)n(C)c2ccccc12. The predicted molar refractivity (Wildman–Crippen MR) is 140 cm³/mol. The maximum absolute atomic E-state index is 2.41. The number of aryl methyl sites for hydroxylation is 4. The van der Waals surface area contributed by atoms with E-state index in [9.17, 15) is 0 Å². The summed E-state index contributed by atoms with van der Waals surface area (Å²) < 4.78 is 4.82. The van der Waals surface area contributed by atoms with Crippen LogP contribution in [0, 0.1) is 13.8 Å². The zero-order valence-electron chi connectivity index (χ0n) is 19.6. The van der Waals surface area contributed by atoms with E-state index in [1.165, 1.54) is 60.7 Å². The third-order valence-electron chi connectivity index (χ3n) is 7.51. The molecule has 0 N–H and O–H groups in total. The molecule has 0 bridgehead atoms. The van der Waals surface area contributed by atoms with Gasteiger partial charge >= 0.3 is 0 Å². The fraction of sp³-hybridized carbons (Fsp3) is 0.161. The molecule has 0 atom stereocenters. The average Bonchev–Trinajstić information content (AvgIpc) is 3.26. The van der Waals surface area contributed by atoms with Crippen LogP contribution in [0.4, 0.5) is 0 Å². The van der Waals surface area contributed by atoms with Crippen molar-refractivity contribution >= 4 is 32.6 Å². The molecule has 0 spiro atoms. The quantitative estimate of drug-likeness (QED) is 0.274. The Morgan fingerprint density at radius 3 is 1.52 bits per heavy atom. The summed E-state index contributed by atoms with van der Waals surface area (Å²) in [5.74, 6) is 0.117. The van der Waals surface area contributed by atoms with Gasteiger partial charge < -0.3 is 9.13 Å². The molecule has 4 aromatic carbocycles. The topological polar surface area (TPSA) is 9.86 Å². The number of aromatic nitrogens is 2. The number of hydrogen-bond acceptors (Lipinski definition) is 0. The first-order valence-electron chi connectivity index (χ1n) is 11.6. The van der Waals surface area contributed by atoms with Gasteiger partial charge in [-0.15, -0.1) is 0 Å². The zero-order valence-corrected chi connectivity index (χ0v) is 19.6. The van der Waals surface area contributed by atoms with Gasteiger partial charge in [-0.05, 0) is 53.4 Å². The first kappa shape index (κ1) is 19.9. The van der Waals surface area contributed by atoms with E-state index in [0.717, 1.165) is 0 Å². The van der Waals surface area contributed by atoms with E-state index in [4.69, 9.17) is 0 Å². The van der Waals surface area contributed by atoms with Crippen LogP contribution in [-0.2, 0) is 14.1 Å². The second-order valence-electron chi connectivity index (χ2n) is 9.17. The van der Waals surface area contributed by atoms with Crippen molar-refractivity contribution in [2.45, 2.75) is 19.8 Å². The highest BCUT2D eigenvalue weighted by Crippen LogP contribution is 2.43. The second-order valence-corrected chi connectivity index (χ2v) is 9.17. The summed E-state index contributed by atoms with van der Waals surface area (Å²) in [6.07, 6.45) is 0. The highest BCUT2D eigenvalue weighted by atomic mass is 15.0. The van der Waals surface area contributed by atoms with Crippen molar-refractivity contribution in [3.63, 3.8) is 0 Å². The van der Waals surface area contributed by atoms with Crippen LogP contribution < -0.4 is 0 Å². The zero-order chi connectivity index (χ0) is 22.7. The van der Waals surface area contributed by atoms with Gasteiger partial charge in [-0.3, -0.25) is 0 Å². The summed E-state index contributed by atoms with van der Waals surface area (Å²) in [6, 6.07) is 33.1. The molecule has 0 fully saturated rings. The Balaban J connectivity index is 1.78. The lowest BCUT2D eigenvalue weighted by Crippen LogP contribution is -2.14. The van der Waals surface area contributed by atoms with E-state index < -0.39 is 0 Å². The molecule has 33 heavy (non-hydrogen) atoms. The van der Waals surface area contributed by atoms with Crippen molar-refractivity contribution < 1.29 is 0 Å². The minimum atomic E-state index is 0.117. The van der Waals surface area contributed by atoms with E-state index in [1.807, 2.05) is 0 Å². The molecule has 0 radical (unpaired) electrons. The van der Waals surface area contributed by atoms with Gasteiger partial charge in [0.05, 0.1) is 5.92 Å². The Kier molecular flexibility index (Phi) is 4.45. The standard InChI is InChI=1S/C31H28N2/c1-20-23-14-7-9-18-27(23)32(3)30(20)29(26-17-11-13-22-12-5-6-16-25(22)26)31-21(2)24-15-8-10-19-28(24)33(31)4/h5-19,29H,1-4H3. The largest absolute Gasteiger partial charge is 0.346 e.